The fraction of sp³-hybridized carbons (Fsp3) is 0. The molecule has 100 valence electrons. The Hall–Kier alpha value is -1.65. The summed E-state index contributed by atoms with van der Waals surface area (Å²) < 4.78 is 19.2. The Morgan fingerprint density at radius 1 is 1.15 bits per heavy atom. The van der Waals surface area contributed by atoms with Crippen molar-refractivity contribution >= 4 is 44.3 Å². The summed E-state index contributed by atoms with van der Waals surface area (Å²) in [6.07, 6.45) is 0. The maximum atomic E-state index is 13.1. The van der Waals surface area contributed by atoms with Crippen molar-refractivity contribution in [3.05, 3.63) is 69.1 Å². The lowest BCUT2D eigenvalue weighted by atomic mass is 10.1. The van der Waals surface area contributed by atoms with Gasteiger partial charge >= 0.3 is 0 Å². The van der Waals surface area contributed by atoms with Gasteiger partial charge in [-0.1, -0.05) is 11.6 Å². The Labute approximate surface area is 127 Å². The summed E-state index contributed by atoms with van der Waals surface area (Å²) in [7, 11) is 0. The van der Waals surface area contributed by atoms with Crippen molar-refractivity contribution in [2.75, 3.05) is 0 Å². The second kappa shape index (κ2) is 5.04. The monoisotopic (exact) mass is 352 g/mol. The van der Waals surface area contributed by atoms with Gasteiger partial charge in [0, 0.05) is 15.4 Å². The van der Waals surface area contributed by atoms with Crippen LogP contribution < -0.4 is 0 Å². The molecule has 0 radical (unpaired) electrons. The fourth-order valence-electron chi connectivity index (χ4n) is 1.91. The Balaban J connectivity index is 2.05. The highest BCUT2D eigenvalue weighted by atomic mass is 79.9. The van der Waals surface area contributed by atoms with Crippen LogP contribution in [-0.2, 0) is 0 Å². The van der Waals surface area contributed by atoms with Crippen molar-refractivity contribution in [1.29, 1.82) is 0 Å². The summed E-state index contributed by atoms with van der Waals surface area (Å²) in [4.78, 5) is 12.3. The molecule has 0 fully saturated rings. The largest absolute Gasteiger partial charge is 0.453 e. The maximum Gasteiger partial charge on any atom is 0.228 e. The molecule has 1 heterocycles. The number of carbonyl (C=O) groups excluding carboxylic acids is 1. The van der Waals surface area contributed by atoms with Crippen LogP contribution in [0.25, 0.3) is 11.0 Å². The quantitative estimate of drug-likeness (QED) is 0.591. The Morgan fingerprint density at radius 3 is 2.70 bits per heavy atom. The second-order valence-electron chi connectivity index (χ2n) is 4.25. The van der Waals surface area contributed by atoms with E-state index in [1.807, 2.05) is 0 Å². The maximum absolute atomic E-state index is 13.1. The molecular weight excluding hydrogens is 347 g/mol. The summed E-state index contributed by atoms with van der Waals surface area (Å²) in [5.41, 5.74) is 0.920. The van der Waals surface area contributed by atoms with Crippen molar-refractivity contribution in [1.82, 2.24) is 0 Å². The number of benzene rings is 2. The molecule has 0 unspecified atom stereocenters. The number of ketones is 1. The number of fused-ring (bicyclic) bond motifs is 1. The van der Waals surface area contributed by atoms with Crippen molar-refractivity contribution in [2.45, 2.75) is 0 Å². The Morgan fingerprint density at radius 2 is 1.95 bits per heavy atom. The minimum absolute atomic E-state index is 0.167. The van der Waals surface area contributed by atoms with Gasteiger partial charge in [0.15, 0.2) is 5.76 Å². The topological polar surface area (TPSA) is 30.2 Å². The molecule has 0 aliphatic rings. The fourth-order valence-corrected chi connectivity index (χ4v) is 2.40. The molecule has 2 nitrogen and oxygen atoms in total. The predicted octanol–water partition coefficient (Wildman–Crippen LogP) is 5.22. The zero-order valence-electron chi connectivity index (χ0n) is 9.99. The van der Waals surface area contributed by atoms with E-state index in [4.69, 9.17) is 16.0 Å². The molecule has 1 aromatic heterocycles. The molecule has 3 rings (SSSR count). The number of hydrogen-bond acceptors (Lipinski definition) is 2. The highest BCUT2D eigenvalue weighted by molar-refractivity contribution is 9.10. The van der Waals surface area contributed by atoms with E-state index < -0.39 is 0 Å². The van der Waals surface area contributed by atoms with Crippen LogP contribution in [0.5, 0.6) is 0 Å². The van der Waals surface area contributed by atoms with Crippen LogP contribution >= 0.6 is 27.5 Å². The average molecular weight is 354 g/mol. The van der Waals surface area contributed by atoms with E-state index in [0.29, 0.717) is 26.0 Å². The molecule has 0 spiro atoms. The third-order valence-electron chi connectivity index (χ3n) is 2.88. The molecule has 0 saturated carbocycles. The minimum atomic E-state index is -0.369. The summed E-state index contributed by atoms with van der Waals surface area (Å²) in [6.45, 7) is 0. The van der Waals surface area contributed by atoms with Gasteiger partial charge in [0.25, 0.3) is 0 Å². The Kier molecular flexibility index (Phi) is 3.36. The standard InChI is InChI=1S/C15H7BrClFO2/c16-11-6-8(1-3-12(11)17)15(19)14-7-9-5-10(18)2-4-13(9)20-14/h1-7H. The lowest BCUT2D eigenvalue weighted by molar-refractivity contribution is 0.101. The van der Waals surface area contributed by atoms with Crippen LogP contribution in [0.1, 0.15) is 16.1 Å². The molecule has 2 aromatic carbocycles. The predicted molar refractivity (Wildman–Crippen MR) is 78.8 cm³/mol. The van der Waals surface area contributed by atoms with Crippen molar-refractivity contribution in [2.24, 2.45) is 0 Å². The third kappa shape index (κ3) is 2.37. The number of halogens is 3. The van der Waals surface area contributed by atoms with E-state index in [2.05, 4.69) is 15.9 Å². The highest BCUT2D eigenvalue weighted by Gasteiger charge is 2.15. The SMILES string of the molecule is O=C(c1ccc(Cl)c(Br)c1)c1cc2cc(F)ccc2o1. The Bertz CT molecular complexity index is 826. The van der Waals surface area contributed by atoms with Crippen LogP contribution in [-0.4, -0.2) is 5.78 Å². The number of furan rings is 1. The molecule has 0 saturated heterocycles. The van der Waals surface area contributed by atoms with Crippen LogP contribution in [0.4, 0.5) is 4.39 Å². The van der Waals surface area contributed by atoms with Gasteiger partial charge < -0.3 is 4.42 Å². The molecule has 20 heavy (non-hydrogen) atoms. The van der Waals surface area contributed by atoms with Crippen molar-refractivity contribution in [3.8, 4) is 0 Å². The van der Waals surface area contributed by atoms with Crippen LogP contribution in [0.3, 0.4) is 0 Å². The summed E-state index contributed by atoms with van der Waals surface area (Å²) >= 11 is 9.16. The van der Waals surface area contributed by atoms with Crippen molar-refractivity contribution in [3.63, 3.8) is 0 Å². The number of rotatable bonds is 2. The minimum Gasteiger partial charge on any atom is -0.453 e. The van der Waals surface area contributed by atoms with Crippen LogP contribution in [0.15, 0.2) is 51.4 Å². The summed E-state index contributed by atoms with van der Waals surface area (Å²) in [5.74, 6) is -0.481. The zero-order valence-corrected chi connectivity index (χ0v) is 12.3. The number of hydrogen-bond donors (Lipinski definition) is 0. The average Bonchev–Trinajstić information content (AvgIpc) is 2.84. The first kappa shape index (κ1) is 13.3. The third-order valence-corrected chi connectivity index (χ3v) is 4.10. The number of carbonyl (C=O) groups is 1. The zero-order chi connectivity index (χ0) is 14.3. The van der Waals surface area contributed by atoms with E-state index in [-0.39, 0.29) is 17.4 Å². The van der Waals surface area contributed by atoms with Gasteiger partial charge in [-0.2, -0.15) is 0 Å². The van der Waals surface area contributed by atoms with E-state index in [0.717, 1.165) is 0 Å². The van der Waals surface area contributed by atoms with Gasteiger partial charge in [-0.15, -0.1) is 0 Å². The summed E-state index contributed by atoms with van der Waals surface area (Å²) in [5, 5.41) is 1.08. The molecule has 0 amide bonds. The first-order valence-corrected chi connectivity index (χ1v) is 6.90. The normalized spacial score (nSPS) is 10.9. The first-order valence-electron chi connectivity index (χ1n) is 5.73. The van der Waals surface area contributed by atoms with Gasteiger partial charge in [0.05, 0.1) is 5.02 Å². The van der Waals surface area contributed by atoms with E-state index in [1.165, 1.54) is 24.3 Å². The van der Waals surface area contributed by atoms with Gasteiger partial charge in [-0.05, 0) is 58.4 Å². The molecule has 0 aliphatic heterocycles. The highest BCUT2D eigenvalue weighted by Crippen LogP contribution is 2.26. The summed E-state index contributed by atoms with van der Waals surface area (Å²) in [6, 6.07) is 10.5. The van der Waals surface area contributed by atoms with Gasteiger partial charge in [-0.25, -0.2) is 4.39 Å². The molecule has 5 heteroatoms. The molecule has 0 atom stereocenters. The lowest BCUT2D eigenvalue weighted by Crippen LogP contribution is -1.99. The molecule has 0 aliphatic carbocycles. The van der Waals surface area contributed by atoms with Gasteiger partial charge in [0.2, 0.25) is 5.78 Å². The molecular formula is C15H7BrClFO2. The van der Waals surface area contributed by atoms with Crippen LogP contribution in [0, 0.1) is 5.82 Å². The lowest BCUT2D eigenvalue weighted by Gasteiger charge is -2.00. The molecule has 3 aromatic rings. The molecule has 0 bridgehead atoms. The van der Waals surface area contributed by atoms with E-state index >= 15 is 0 Å². The van der Waals surface area contributed by atoms with E-state index in [1.54, 1.807) is 18.2 Å². The van der Waals surface area contributed by atoms with E-state index in [9.17, 15) is 9.18 Å². The van der Waals surface area contributed by atoms with Gasteiger partial charge in [-0.3, -0.25) is 4.79 Å². The van der Waals surface area contributed by atoms with Crippen molar-refractivity contribution < 1.29 is 13.6 Å². The molecule has 0 N–H and O–H groups in total. The smallest absolute Gasteiger partial charge is 0.228 e. The van der Waals surface area contributed by atoms with Gasteiger partial charge in [0.1, 0.15) is 11.4 Å². The van der Waals surface area contributed by atoms with Crippen LogP contribution in [0.2, 0.25) is 5.02 Å². The first-order chi connectivity index (χ1) is 9.54. The second-order valence-corrected chi connectivity index (χ2v) is 5.51.